The van der Waals surface area contributed by atoms with Crippen LogP contribution in [0.3, 0.4) is 0 Å². The van der Waals surface area contributed by atoms with Gasteiger partial charge >= 0.3 is 6.18 Å². The topological polar surface area (TPSA) is 21.3 Å². The zero-order chi connectivity index (χ0) is 11.3. The summed E-state index contributed by atoms with van der Waals surface area (Å²) < 4.78 is 40.4. The third-order valence-electron chi connectivity index (χ3n) is 1.79. The highest BCUT2D eigenvalue weighted by molar-refractivity contribution is 5.28. The molecule has 15 heavy (non-hydrogen) atoms. The number of hydrogen-bond donors (Lipinski definition) is 1. The molecule has 0 saturated carbocycles. The summed E-state index contributed by atoms with van der Waals surface area (Å²) in [6, 6.07) is 6.92. The number of halogens is 3. The van der Waals surface area contributed by atoms with E-state index in [4.69, 9.17) is 4.74 Å². The summed E-state index contributed by atoms with van der Waals surface area (Å²) in [5.41, 5.74) is 0.763. The third kappa shape index (κ3) is 4.69. The van der Waals surface area contributed by atoms with Crippen LogP contribution in [-0.2, 0) is 6.54 Å². The molecule has 0 unspecified atom stereocenters. The highest BCUT2D eigenvalue weighted by atomic mass is 19.4. The Bertz CT molecular complexity index is 312. The predicted molar refractivity (Wildman–Crippen MR) is 50.8 cm³/mol. The van der Waals surface area contributed by atoms with Gasteiger partial charge in [-0.25, -0.2) is 0 Å². The zero-order valence-electron chi connectivity index (χ0n) is 8.27. The molecule has 0 aliphatic rings. The van der Waals surface area contributed by atoms with Crippen LogP contribution in [0.4, 0.5) is 13.2 Å². The van der Waals surface area contributed by atoms with E-state index >= 15 is 0 Å². The van der Waals surface area contributed by atoms with Crippen molar-refractivity contribution >= 4 is 0 Å². The first kappa shape index (κ1) is 11.8. The van der Waals surface area contributed by atoms with Crippen LogP contribution in [-0.4, -0.2) is 19.8 Å². The average Bonchev–Trinajstić information content (AvgIpc) is 2.16. The summed E-state index contributed by atoms with van der Waals surface area (Å²) in [5, 5.41) is 2.31. The molecule has 0 fully saturated rings. The van der Waals surface area contributed by atoms with E-state index in [2.05, 4.69) is 5.32 Å². The summed E-state index contributed by atoms with van der Waals surface area (Å²) in [4.78, 5) is 0. The lowest BCUT2D eigenvalue weighted by Gasteiger charge is -2.08. The van der Waals surface area contributed by atoms with Gasteiger partial charge in [-0.1, -0.05) is 12.1 Å². The smallest absolute Gasteiger partial charge is 0.401 e. The van der Waals surface area contributed by atoms with E-state index in [9.17, 15) is 13.2 Å². The SMILES string of the molecule is COc1cccc(CNCC(F)(F)F)c1. The Morgan fingerprint density at radius 2 is 2.07 bits per heavy atom. The van der Waals surface area contributed by atoms with Gasteiger partial charge in [-0.3, -0.25) is 0 Å². The first-order chi connectivity index (χ1) is 7.01. The molecule has 0 amide bonds. The largest absolute Gasteiger partial charge is 0.497 e. The Morgan fingerprint density at radius 1 is 1.33 bits per heavy atom. The van der Waals surface area contributed by atoms with Crippen molar-refractivity contribution in [2.24, 2.45) is 0 Å². The maximum absolute atomic E-state index is 11.8. The van der Waals surface area contributed by atoms with Gasteiger partial charge in [0.05, 0.1) is 13.7 Å². The van der Waals surface area contributed by atoms with Crippen LogP contribution in [0.2, 0.25) is 0 Å². The van der Waals surface area contributed by atoms with Crippen molar-refractivity contribution in [1.82, 2.24) is 5.32 Å². The Labute approximate surface area is 86.1 Å². The van der Waals surface area contributed by atoms with Crippen LogP contribution in [0.5, 0.6) is 5.75 Å². The van der Waals surface area contributed by atoms with Gasteiger partial charge in [-0.05, 0) is 17.7 Å². The fourth-order valence-corrected chi connectivity index (χ4v) is 1.13. The van der Waals surface area contributed by atoms with Gasteiger partial charge in [0.2, 0.25) is 0 Å². The molecule has 2 nitrogen and oxygen atoms in total. The molecule has 1 aromatic rings. The normalized spacial score (nSPS) is 11.5. The standard InChI is InChI=1S/C10H12F3NO/c1-15-9-4-2-3-8(5-9)6-14-7-10(11,12)13/h2-5,14H,6-7H2,1H3. The van der Waals surface area contributed by atoms with Crippen LogP contribution >= 0.6 is 0 Å². The van der Waals surface area contributed by atoms with E-state index in [0.717, 1.165) is 5.56 Å². The van der Waals surface area contributed by atoms with E-state index in [1.165, 1.54) is 7.11 Å². The lowest BCUT2D eigenvalue weighted by atomic mass is 10.2. The molecule has 0 saturated heterocycles. The van der Waals surface area contributed by atoms with Gasteiger partial charge in [0.15, 0.2) is 0 Å². The minimum absolute atomic E-state index is 0.177. The summed E-state index contributed by atoms with van der Waals surface area (Å²) in [6.07, 6.45) is -4.17. The Balaban J connectivity index is 2.44. The molecular formula is C10H12F3NO. The summed E-state index contributed by atoms with van der Waals surface area (Å²) in [6.45, 7) is -0.805. The molecule has 0 aliphatic heterocycles. The fourth-order valence-electron chi connectivity index (χ4n) is 1.13. The molecule has 0 heterocycles. The number of benzene rings is 1. The molecular weight excluding hydrogens is 207 g/mol. The van der Waals surface area contributed by atoms with Crippen molar-refractivity contribution in [3.05, 3.63) is 29.8 Å². The Morgan fingerprint density at radius 3 is 2.67 bits per heavy atom. The van der Waals surface area contributed by atoms with Gasteiger partial charge in [0.1, 0.15) is 5.75 Å². The van der Waals surface area contributed by atoms with Crippen molar-refractivity contribution < 1.29 is 17.9 Å². The molecule has 0 radical (unpaired) electrons. The maximum Gasteiger partial charge on any atom is 0.401 e. The number of methoxy groups -OCH3 is 1. The van der Waals surface area contributed by atoms with E-state index in [0.29, 0.717) is 5.75 Å². The molecule has 84 valence electrons. The lowest BCUT2D eigenvalue weighted by molar-refractivity contribution is -0.125. The van der Waals surface area contributed by atoms with Crippen LogP contribution < -0.4 is 10.1 Å². The molecule has 0 aliphatic carbocycles. The summed E-state index contributed by atoms with van der Waals surface area (Å²) >= 11 is 0. The molecule has 1 N–H and O–H groups in total. The second-order valence-corrected chi connectivity index (χ2v) is 3.07. The van der Waals surface area contributed by atoms with Gasteiger partial charge in [-0.2, -0.15) is 13.2 Å². The van der Waals surface area contributed by atoms with Crippen molar-refractivity contribution in [3.63, 3.8) is 0 Å². The summed E-state index contributed by atoms with van der Waals surface area (Å²) in [5.74, 6) is 0.640. The molecule has 5 heteroatoms. The lowest BCUT2D eigenvalue weighted by Crippen LogP contribution is -2.28. The Kier molecular flexibility index (Phi) is 3.96. The number of ether oxygens (including phenoxy) is 1. The number of rotatable bonds is 4. The van der Waals surface area contributed by atoms with Crippen molar-refractivity contribution in [1.29, 1.82) is 0 Å². The second-order valence-electron chi connectivity index (χ2n) is 3.07. The van der Waals surface area contributed by atoms with Gasteiger partial charge in [0.25, 0.3) is 0 Å². The van der Waals surface area contributed by atoms with E-state index in [-0.39, 0.29) is 6.54 Å². The van der Waals surface area contributed by atoms with Crippen molar-refractivity contribution in [2.45, 2.75) is 12.7 Å². The van der Waals surface area contributed by atoms with E-state index < -0.39 is 12.7 Å². The monoisotopic (exact) mass is 219 g/mol. The fraction of sp³-hybridized carbons (Fsp3) is 0.400. The van der Waals surface area contributed by atoms with Gasteiger partial charge < -0.3 is 10.1 Å². The van der Waals surface area contributed by atoms with Gasteiger partial charge in [0, 0.05) is 6.54 Å². The van der Waals surface area contributed by atoms with Gasteiger partial charge in [-0.15, -0.1) is 0 Å². The summed E-state index contributed by atoms with van der Waals surface area (Å²) in [7, 11) is 1.52. The average molecular weight is 219 g/mol. The number of hydrogen-bond acceptors (Lipinski definition) is 2. The van der Waals surface area contributed by atoms with Crippen LogP contribution in [0, 0.1) is 0 Å². The molecule has 0 aromatic heterocycles. The predicted octanol–water partition coefficient (Wildman–Crippen LogP) is 2.35. The van der Waals surface area contributed by atoms with Crippen LogP contribution in [0.15, 0.2) is 24.3 Å². The minimum atomic E-state index is -4.17. The highest BCUT2D eigenvalue weighted by Crippen LogP contribution is 2.14. The first-order valence-corrected chi connectivity index (χ1v) is 4.41. The highest BCUT2D eigenvalue weighted by Gasteiger charge is 2.25. The molecule has 0 atom stereocenters. The molecule has 0 spiro atoms. The minimum Gasteiger partial charge on any atom is -0.497 e. The third-order valence-corrected chi connectivity index (χ3v) is 1.79. The molecule has 1 aromatic carbocycles. The number of alkyl halides is 3. The molecule has 0 bridgehead atoms. The van der Waals surface area contributed by atoms with Crippen molar-refractivity contribution in [3.8, 4) is 5.75 Å². The number of nitrogens with one attached hydrogen (secondary N) is 1. The Hall–Kier alpha value is -1.23. The van der Waals surface area contributed by atoms with Crippen molar-refractivity contribution in [2.75, 3.05) is 13.7 Å². The molecule has 1 rings (SSSR count). The maximum atomic E-state index is 11.8. The van der Waals surface area contributed by atoms with Crippen LogP contribution in [0.25, 0.3) is 0 Å². The zero-order valence-corrected chi connectivity index (χ0v) is 8.27. The van der Waals surface area contributed by atoms with Crippen LogP contribution in [0.1, 0.15) is 5.56 Å². The quantitative estimate of drug-likeness (QED) is 0.839. The van der Waals surface area contributed by atoms with E-state index in [1.54, 1.807) is 24.3 Å². The van der Waals surface area contributed by atoms with E-state index in [1.807, 2.05) is 0 Å². The second kappa shape index (κ2) is 5.02. The first-order valence-electron chi connectivity index (χ1n) is 4.41.